The van der Waals surface area contributed by atoms with Crippen molar-refractivity contribution in [3.8, 4) is 11.3 Å². The van der Waals surface area contributed by atoms with E-state index in [9.17, 15) is 13.2 Å². The van der Waals surface area contributed by atoms with Crippen LogP contribution in [-0.2, 0) is 0 Å². The molecular weight excluding hydrogens is 415 g/mol. The van der Waals surface area contributed by atoms with Crippen molar-refractivity contribution in [2.45, 2.75) is 25.9 Å². The highest BCUT2D eigenvalue weighted by molar-refractivity contribution is 6.30. The van der Waals surface area contributed by atoms with Crippen molar-refractivity contribution in [3.63, 3.8) is 0 Å². The van der Waals surface area contributed by atoms with E-state index in [1.807, 2.05) is 35.0 Å². The lowest BCUT2D eigenvalue weighted by molar-refractivity contribution is -0.183. The Balaban J connectivity index is 1.71. The molecule has 1 saturated carbocycles. The number of nitrogens with two attached hydrogens (primary N) is 1. The minimum atomic E-state index is -4.25. The van der Waals surface area contributed by atoms with Crippen LogP contribution in [0.3, 0.4) is 0 Å². The van der Waals surface area contributed by atoms with Crippen LogP contribution in [0.1, 0.15) is 24.0 Å². The van der Waals surface area contributed by atoms with Gasteiger partial charge in [-0.1, -0.05) is 11.6 Å². The third-order valence-electron chi connectivity index (χ3n) is 5.39. The molecule has 0 bridgehead atoms. The summed E-state index contributed by atoms with van der Waals surface area (Å²) in [6.07, 6.45) is 4.01. The topological polar surface area (TPSA) is 68.6 Å². The number of hydrogen-bond acceptors (Lipinski definition) is 4. The molecule has 0 spiro atoms. The number of rotatable bonds is 5. The molecule has 0 unspecified atom stereocenters. The third-order valence-corrected chi connectivity index (χ3v) is 5.78. The number of hydrogen-bond donors (Lipinski definition) is 1. The minimum Gasteiger partial charge on any atom is -0.404 e. The van der Waals surface area contributed by atoms with E-state index < -0.39 is 11.6 Å². The molecule has 0 saturated heterocycles. The smallest absolute Gasteiger partial charge is 0.396 e. The van der Waals surface area contributed by atoms with Crippen LogP contribution in [0.5, 0.6) is 0 Å². The van der Waals surface area contributed by atoms with Gasteiger partial charge in [0, 0.05) is 47.7 Å². The van der Waals surface area contributed by atoms with E-state index in [1.165, 1.54) is 12.4 Å². The zero-order chi connectivity index (χ0) is 21.5. The first kappa shape index (κ1) is 20.4. The number of fused-ring (bicyclic) bond motifs is 1. The summed E-state index contributed by atoms with van der Waals surface area (Å²) in [6, 6.07) is 5.52. The van der Waals surface area contributed by atoms with Gasteiger partial charge in [-0.15, -0.1) is 0 Å². The molecule has 3 aromatic rings. The van der Waals surface area contributed by atoms with Gasteiger partial charge in [-0.2, -0.15) is 13.2 Å². The van der Waals surface area contributed by atoms with Gasteiger partial charge >= 0.3 is 6.18 Å². The van der Waals surface area contributed by atoms with Crippen LogP contribution >= 0.6 is 11.6 Å². The van der Waals surface area contributed by atoms with Crippen LogP contribution in [0.2, 0.25) is 5.15 Å². The molecule has 0 radical (unpaired) electrons. The Labute approximate surface area is 176 Å². The molecule has 1 fully saturated rings. The standard InChI is InChI=1S/C21H19ClF3N5/c1-13-8-16(15(10-26)11-27-12-20(3-4-20)21(23,24)25)18(29-19(13)22)14-2-6-30-7-5-28-17(30)9-14/h2,5-11H,3-4,12,26H2,1H3. The van der Waals surface area contributed by atoms with E-state index in [0.29, 0.717) is 22.0 Å². The van der Waals surface area contributed by atoms with Crippen LogP contribution in [0, 0.1) is 12.3 Å². The highest BCUT2D eigenvalue weighted by atomic mass is 35.5. The van der Waals surface area contributed by atoms with Gasteiger partial charge in [0.25, 0.3) is 0 Å². The Morgan fingerprint density at radius 1 is 1.33 bits per heavy atom. The summed E-state index contributed by atoms with van der Waals surface area (Å²) in [7, 11) is 0. The molecule has 5 nitrogen and oxygen atoms in total. The van der Waals surface area contributed by atoms with E-state index in [2.05, 4.69) is 15.0 Å². The summed E-state index contributed by atoms with van der Waals surface area (Å²) in [5, 5.41) is 0.333. The molecule has 2 N–H and O–H groups in total. The minimum absolute atomic E-state index is 0.104. The van der Waals surface area contributed by atoms with Crippen LogP contribution in [0.25, 0.3) is 22.5 Å². The van der Waals surface area contributed by atoms with Crippen LogP contribution in [0.4, 0.5) is 13.2 Å². The molecule has 3 aromatic heterocycles. The summed E-state index contributed by atoms with van der Waals surface area (Å²) in [5.41, 5.74) is 7.97. The van der Waals surface area contributed by atoms with Gasteiger partial charge in [0.2, 0.25) is 0 Å². The Morgan fingerprint density at radius 3 is 2.77 bits per heavy atom. The number of pyridine rings is 2. The first-order valence-electron chi connectivity index (χ1n) is 9.33. The Morgan fingerprint density at radius 2 is 2.10 bits per heavy atom. The first-order chi connectivity index (χ1) is 14.2. The number of allylic oxidation sites excluding steroid dienone is 1. The molecule has 30 heavy (non-hydrogen) atoms. The van der Waals surface area contributed by atoms with Crippen molar-refractivity contribution in [1.82, 2.24) is 14.4 Å². The normalized spacial score (nSPS) is 16.5. The second-order valence-corrected chi connectivity index (χ2v) is 7.83. The lowest BCUT2D eigenvalue weighted by Crippen LogP contribution is -2.27. The molecule has 156 valence electrons. The molecule has 3 heterocycles. The summed E-state index contributed by atoms with van der Waals surface area (Å²) < 4.78 is 41.3. The Kier molecular flexibility index (Phi) is 5.05. The SMILES string of the molecule is Cc1cc(C(C=NCC2(C(F)(F)F)CC2)=CN)c(-c2ccn3ccnc3c2)nc1Cl. The highest BCUT2D eigenvalue weighted by Gasteiger charge is 2.62. The summed E-state index contributed by atoms with van der Waals surface area (Å²) in [6.45, 7) is 1.48. The van der Waals surface area contributed by atoms with Gasteiger partial charge in [-0.25, -0.2) is 9.97 Å². The van der Waals surface area contributed by atoms with E-state index in [-0.39, 0.29) is 19.4 Å². The number of aromatic nitrogens is 3. The van der Waals surface area contributed by atoms with Crippen molar-refractivity contribution in [1.29, 1.82) is 0 Å². The maximum atomic E-state index is 13.2. The van der Waals surface area contributed by atoms with E-state index >= 15 is 0 Å². The molecule has 4 rings (SSSR count). The van der Waals surface area contributed by atoms with Gasteiger partial charge in [0.15, 0.2) is 0 Å². The van der Waals surface area contributed by atoms with Crippen molar-refractivity contribution in [2.75, 3.05) is 6.54 Å². The van der Waals surface area contributed by atoms with Crippen LogP contribution in [0.15, 0.2) is 48.0 Å². The number of aliphatic imine (C=N–C) groups is 1. The predicted octanol–water partition coefficient (Wildman–Crippen LogP) is 5.07. The zero-order valence-electron chi connectivity index (χ0n) is 16.1. The summed E-state index contributed by atoms with van der Waals surface area (Å²) in [5.74, 6) is 0. The van der Waals surface area contributed by atoms with Gasteiger partial charge in [-0.3, -0.25) is 4.99 Å². The molecular formula is C21H19ClF3N5. The van der Waals surface area contributed by atoms with Gasteiger partial charge in [0.1, 0.15) is 10.8 Å². The maximum absolute atomic E-state index is 13.2. The number of imidazole rings is 1. The largest absolute Gasteiger partial charge is 0.404 e. The Bertz CT molecular complexity index is 1160. The zero-order valence-corrected chi connectivity index (χ0v) is 16.9. The quantitative estimate of drug-likeness (QED) is 0.451. The summed E-state index contributed by atoms with van der Waals surface area (Å²) in [4.78, 5) is 12.9. The third kappa shape index (κ3) is 3.67. The van der Waals surface area contributed by atoms with E-state index in [1.54, 1.807) is 13.1 Å². The molecule has 0 aliphatic heterocycles. The average molecular weight is 434 g/mol. The second-order valence-electron chi connectivity index (χ2n) is 7.47. The monoisotopic (exact) mass is 433 g/mol. The first-order valence-corrected chi connectivity index (χ1v) is 9.71. The van der Waals surface area contributed by atoms with E-state index in [0.717, 1.165) is 16.8 Å². The lowest BCUT2D eigenvalue weighted by Gasteiger charge is -2.16. The maximum Gasteiger partial charge on any atom is 0.396 e. The lowest BCUT2D eigenvalue weighted by atomic mass is 9.99. The van der Waals surface area contributed by atoms with Gasteiger partial charge in [-0.05, 0) is 43.5 Å². The van der Waals surface area contributed by atoms with Crippen molar-refractivity contribution in [3.05, 3.63) is 59.3 Å². The van der Waals surface area contributed by atoms with Gasteiger partial charge < -0.3 is 10.1 Å². The molecule has 0 amide bonds. The van der Waals surface area contributed by atoms with Crippen molar-refractivity contribution >= 4 is 29.0 Å². The fraction of sp³-hybridized carbons (Fsp3) is 0.286. The van der Waals surface area contributed by atoms with Gasteiger partial charge in [0.05, 0.1) is 17.7 Å². The highest BCUT2D eigenvalue weighted by Crippen LogP contribution is 2.57. The molecule has 1 aliphatic carbocycles. The number of halogens is 4. The van der Waals surface area contributed by atoms with Crippen LogP contribution in [-0.4, -0.2) is 33.3 Å². The fourth-order valence-electron chi connectivity index (χ4n) is 3.29. The molecule has 0 atom stereocenters. The predicted molar refractivity (Wildman–Crippen MR) is 111 cm³/mol. The van der Waals surface area contributed by atoms with E-state index in [4.69, 9.17) is 17.3 Å². The average Bonchev–Trinajstić information content (AvgIpc) is 3.36. The number of aryl methyl sites for hydroxylation is 1. The Hall–Kier alpha value is -2.87. The summed E-state index contributed by atoms with van der Waals surface area (Å²) >= 11 is 6.26. The molecule has 0 aromatic carbocycles. The molecule has 1 aliphatic rings. The van der Waals surface area contributed by atoms with Crippen LogP contribution < -0.4 is 5.73 Å². The van der Waals surface area contributed by atoms with Crippen molar-refractivity contribution < 1.29 is 13.2 Å². The number of nitrogens with zero attached hydrogens (tertiary/aromatic N) is 4. The fourth-order valence-corrected chi connectivity index (χ4v) is 3.43. The molecule has 9 heteroatoms. The van der Waals surface area contributed by atoms with Crippen molar-refractivity contribution in [2.24, 2.45) is 16.1 Å². The number of alkyl halides is 3. The second kappa shape index (κ2) is 7.43.